The van der Waals surface area contributed by atoms with E-state index in [4.69, 9.17) is 4.74 Å². The van der Waals surface area contributed by atoms with Crippen molar-refractivity contribution in [2.75, 3.05) is 6.61 Å². The van der Waals surface area contributed by atoms with Gasteiger partial charge in [-0.1, -0.05) is 12.1 Å². The molecule has 1 N–H and O–H groups in total. The number of nitrogens with one attached hydrogen (secondary N) is 1. The third kappa shape index (κ3) is 4.51. The second kappa shape index (κ2) is 7.08. The van der Waals surface area contributed by atoms with Crippen LogP contribution in [0.15, 0.2) is 24.3 Å². The van der Waals surface area contributed by atoms with Gasteiger partial charge in [0.15, 0.2) is 6.61 Å². The number of hydrogen-bond acceptors (Lipinski definition) is 5. The van der Waals surface area contributed by atoms with Crippen LogP contribution < -0.4 is 5.32 Å². The number of para-hydroxylation sites is 1. The van der Waals surface area contributed by atoms with Gasteiger partial charge in [-0.05, 0) is 37.8 Å². The molecule has 23 heavy (non-hydrogen) atoms. The fraction of sp³-hybridized carbons (Fsp3) is 0.471. The average molecular weight is 332 g/mol. The van der Waals surface area contributed by atoms with Crippen molar-refractivity contribution in [1.82, 2.24) is 10.3 Å². The zero-order chi connectivity index (χ0) is 16.2. The van der Waals surface area contributed by atoms with Crippen molar-refractivity contribution in [2.45, 2.75) is 38.6 Å². The van der Waals surface area contributed by atoms with E-state index in [-0.39, 0.29) is 30.9 Å². The summed E-state index contributed by atoms with van der Waals surface area (Å²) in [5.74, 6) is 0.00454. The van der Waals surface area contributed by atoms with Crippen LogP contribution in [0, 0.1) is 5.92 Å². The highest BCUT2D eigenvalue weighted by Crippen LogP contribution is 2.32. The number of carbonyl (C=O) groups excluding carboxylic acids is 2. The molecule has 0 aliphatic heterocycles. The summed E-state index contributed by atoms with van der Waals surface area (Å²) in [5, 5.41) is 3.77. The maximum atomic E-state index is 11.7. The normalized spacial score (nSPS) is 15.3. The summed E-state index contributed by atoms with van der Waals surface area (Å²) in [6, 6.07) is 8.06. The number of nitrogens with zero attached hydrogens (tertiary/aromatic N) is 1. The largest absolute Gasteiger partial charge is 0.456 e. The number of carbonyl (C=O) groups is 2. The molecular formula is C17H20N2O3S. The van der Waals surface area contributed by atoms with Crippen molar-refractivity contribution in [3.63, 3.8) is 0 Å². The molecule has 0 bridgehead atoms. The number of aromatic nitrogens is 1. The van der Waals surface area contributed by atoms with E-state index in [2.05, 4.69) is 10.3 Å². The molecule has 122 valence electrons. The number of hydrogen-bond donors (Lipinski definition) is 1. The minimum absolute atomic E-state index is 0.170. The zero-order valence-corrected chi connectivity index (χ0v) is 13.9. The molecule has 0 radical (unpaired) electrons. The Morgan fingerprint density at radius 2 is 2.17 bits per heavy atom. The van der Waals surface area contributed by atoms with Gasteiger partial charge in [0.05, 0.1) is 21.6 Å². The first kappa shape index (κ1) is 15.9. The van der Waals surface area contributed by atoms with Gasteiger partial charge in [-0.2, -0.15) is 0 Å². The lowest BCUT2D eigenvalue weighted by Gasteiger charge is -2.12. The quantitative estimate of drug-likeness (QED) is 0.792. The highest BCUT2D eigenvalue weighted by molar-refractivity contribution is 7.18. The van der Waals surface area contributed by atoms with E-state index in [0.717, 1.165) is 15.2 Å². The summed E-state index contributed by atoms with van der Waals surface area (Å²) >= 11 is 1.58. The maximum absolute atomic E-state index is 11.7. The predicted octanol–water partition coefficient (Wildman–Crippen LogP) is 2.69. The summed E-state index contributed by atoms with van der Waals surface area (Å²) in [4.78, 5) is 27.9. The highest BCUT2D eigenvalue weighted by atomic mass is 32.1. The van der Waals surface area contributed by atoms with Gasteiger partial charge in [0.2, 0.25) is 0 Å². The van der Waals surface area contributed by atoms with Gasteiger partial charge < -0.3 is 10.1 Å². The first-order valence-electron chi connectivity index (χ1n) is 7.91. The highest BCUT2D eigenvalue weighted by Gasteiger charge is 2.28. The van der Waals surface area contributed by atoms with Crippen molar-refractivity contribution >= 4 is 33.4 Å². The lowest BCUT2D eigenvalue weighted by Crippen LogP contribution is -2.37. The third-order valence-corrected chi connectivity index (χ3v) is 5.06. The zero-order valence-electron chi connectivity index (χ0n) is 13.1. The first-order chi connectivity index (χ1) is 11.1. The Kier molecular flexibility index (Phi) is 4.91. The molecule has 1 heterocycles. The number of benzene rings is 1. The smallest absolute Gasteiger partial charge is 0.306 e. The molecular weight excluding hydrogens is 312 g/mol. The maximum Gasteiger partial charge on any atom is 0.306 e. The molecule has 2 aromatic rings. The minimum atomic E-state index is -0.363. The molecule has 1 amide bonds. The molecule has 1 atom stereocenters. The van der Waals surface area contributed by atoms with Crippen LogP contribution in [-0.4, -0.2) is 29.5 Å². The number of ether oxygens (including phenoxy) is 1. The van der Waals surface area contributed by atoms with Crippen LogP contribution in [0.3, 0.4) is 0 Å². The van der Waals surface area contributed by atoms with Gasteiger partial charge in [0.1, 0.15) is 0 Å². The van der Waals surface area contributed by atoms with E-state index in [1.54, 1.807) is 11.3 Å². The Morgan fingerprint density at radius 1 is 1.39 bits per heavy atom. The molecule has 1 aliphatic rings. The van der Waals surface area contributed by atoms with Crippen molar-refractivity contribution in [2.24, 2.45) is 5.92 Å². The molecule has 5 nitrogen and oxygen atoms in total. The van der Waals surface area contributed by atoms with Gasteiger partial charge in [-0.25, -0.2) is 4.98 Å². The van der Waals surface area contributed by atoms with E-state index in [1.807, 2.05) is 31.2 Å². The summed E-state index contributed by atoms with van der Waals surface area (Å²) < 4.78 is 6.14. The van der Waals surface area contributed by atoms with Crippen molar-refractivity contribution in [1.29, 1.82) is 0 Å². The van der Waals surface area contributed by atoms with Crippen molar-refractivity contribution in [3.8, 4) is 0 Å². The molecule has 1 saturated carbocycles. The first-order valence-corrected chi connectivity index (χ1v) is 8.73. The monoisotopic (exact) mass is 332 g/mol. The average Bonchev–Trinajstić information content (AvgIpc) is 3.30. The molecule has 1 aliphatic carbocycles. The lowest BCUT2D eigenvalue weighted by molar-refractivity contribution is -0.148. The van der Waals surface area contributed by atoms with Crippen molar-refractivity contribution in [3.05, 3.63) is 29.3 Å². The molecule has 0 unspecified atom stereocenters. The minimum Gasteiger partial charge on any atom is -0.456 e. The summed E-state index contributed by atoms with van der Waals surface area (Å²) in [6.45, 7) is 1.79. The molecule has 0 saturated heterocycles. The van der Waals surface area contributed by atoms with Gasteiger partial charge in [0, 0.05) is 12.5 Å². The van der Waals surface area contributed by atoms with E-state index < -0.39 is 0 Å². The van der Waals surface area contributed by atoms with Gasteiger partial charge in [0.25, 0.3) is 5.91 Å². The fourth-order valence-electron chi connectivity index (χ4n) is 2.46. The molecule has 1 aromatic carbocycles. The van der Waals surface area contributed by atoms with Crippen LogP contribution in [0.5, 0.6) is 0 Å². The fourth-order valence-corrected chi connectivity index (χ4v) is 3.43. The van der Waals surface area contributed by atoms with E-state index in [9.17, 15) is 9.59 Å². The second-order valence-corrected chi connectivity index (χ2v) is 7.04. The Hall–Kier alpha value is -1.95. The molecule has 3 rings (SSSR count). The Balaban J connectivity index is 1.39. The number of thiazole rings is 1. The Bertz CT molecular complexity index is 676. The summed E-state index contributed by atoms with van der Waals surface area (Å²) in [6.07, 6.45) is 3.12. The Labute approximate surface area is 139 Å². The number of esters is 1. The number of fused-ring (bicyclic) bond motifs is 1. The second-order valence-electron chi connectivity index (χ2n) is 5.93. The summed E-state index contributed by atoms with van der Waals surface area (Å²) in [7, 11) is 0. The van der Waals surface area contributed by atoms with Crippen LogP contribution >= 0.6 is 11.3 Å². The van der Waals surface area contributed by atoms with Crippen LogP contribution in [0.4, 0.5) is 0 Å². The van der Waals surface area contributed by atoms with Crippen LogP contribution in [0.1, 0.15) is 31.2 Å². The van der Waals surface area contributed by atoms with Gasteiger partial charge >= 0.3 is 5.97 Å². The molecule has 0 spiro atoms. The van der Waals surface area contributed by atoms with Gasteiger partial charge in [-0.15, -0.1) is 11.3 Å². The van der Waals surface area contributed by atoms with Crippen molar-refractivity contribution < 1.29 is 14.3 Å². The van der Waals surface area contributed by atoms with Crippen LogP contribution in [-0.2, 0) is 20.7 Å². The standard InChI is InChI=1S/C17H20N2O3S/c1-11(12-6-7-12)18-15(20)10-22-17(21)9-8-16-19-13-4-2-3-5-14(13)23-16/h2-5,11-12H,6-10H2,1H3,(H,18,20)/t11-/m0/s1. The lowest BCUT2D eigenvalue weighted by atomic mass is 10.2. The van der Waals surface area contributed by atoms with Gasteiger partial charge in [-0.3, -0.25) is 9.59 Å². The molecule has 1 aromatic heterocycles. The third-order valence-electron chi connectivity index (χ3n) is 3.96. The molecule has 1 fully saturated rings. The molecule has 6 heteroatoms. The number of aryl methyl sites for hydroxylation is 1. The van der Waals surface area contributed by atoms with Crippen LogP contribution in [0.2, 0.25) is 0 Å². The topological polar surface area (TPSA) is 68.3 Å². The van der Waals surface area contributed by atoms with E-state index in [0.29, 0.717) is 12.3 Å². The predicted molar refractivity (Wildman–Crippen MR) is 89.2 cm³/mol. The van der Waals surface area contributed by atoms with Crippen LogP contribution in [0.25, 0.3) is 10.2 Å². The SMILES string of the molecule is C[C@H](NC(=O)COC(=O)CCc1nc2ccccc2s1)C1CC1. The number of amides is 1. The van der Waals surface area contributed by atoms with E-state index in [1.165, 1.54) is 12.8 Å². The van der Waals surface area contributed by atoms with E-state index >= 15 is 0 Å². The Morgan fingerprint density at radius 3 is 2.91 bits per heavy atom. The number of rotatable bonds is 7. The summed E-state index contributed by atoms with van der Waals surface area (Å²) in [5.41, 5.74) is 0.953.